The summed E-state index contributed by atoms with van der Waals surface area (Å²) in [6.07, 6.45) is 8.59. The summed E-state index contributed by atoms with van der Waals surface area (Å²) < 4.78 is 0. The number of unbranched alkanes of at least 4 members (excludes halogenated alkanes) is 5. The number of hydrogen-bond acceptors (Lipinski definition) is 4. The highest BCUT2D eigenvalue weighted by molar-refractivity contribution is 5.77. The van der Waals surface area contributed by atoms with Crippen LogP contribution in [0.2, 0.25) is 0 Å². The molecule has 0 radical (unpaired) electrons. The van der Waals surface area contributed by atoms with Crippen LogP contribution in [0.4, 0.5) is 0 Å². The van der Waals surface area contributed by atoms with Crippen molar-refractivity contribution in [3.63, 3.8) is 0 Å². The SMILES string of the molecule is CCCCCC(O)CCCN(CCCCCCC(=O)O)C(=O)CO. The zero-order valence-corrected chi connectivity index (χ0v) is 15.1. The number of carboxylic acids is 1. The zero-order valence-electron chi connectivity index (χ0n) is 15.1. The highest BCUT2D eigenvalue weighted by atomic mass is 16.4. The lowest BCUT2D eigenvalue weighted by atomic mass is 10.1. The lowest BCUT2D eigenvalue weighted by Gasteiger charge is -2.22. The van der Waals surface area contributed by atoms with Gasteiger partial charge < -0.3 is 20.2 Å². The van der Waals surface area contributed by atoms with Crippen molar-refractivity contribution in [2.75, 3.05) is 19.7 Å². The number of carboxylic acid groups (broad SMARTS) is 1. The predicted octanol–water partition coefficient (Wildman–Crippen LogP) is 2.56. The second-order valence-corrected chi connectivity index (χ2v) is 6.39. The molecule has 142 valence electrons. The van der Waals surface area contributed by atoms with Gasteiger partial charge in [0.15, 0.2) is 0 Å². The van der Waals surface area contributed by atoms with E-state index in [-0.39, 0.29) is 18.4 Å². The molecule has 0 aliphatic rings. The molecule has 24 heavy (non-hydrogen) atoms. The van der Waals surface area contributed by atoms with E-state index >= 15 is 0 Å². The predicted molar refractivity (Wildman–Crippen MR) is 93.8 cm³/mol. The van der Waals surface area contributed by atoms with Gasteiger partial charge in [0.1, 0.15) is 6.61 Å². The Hall–Kier alpha value is -1.14. The zero-order chi connectivity index (χ0) is 18.2. The molecule has 0 heterocycles. The largest absolute Gasteiger partial charge is 0.481 e. The lowest BCUT2D eigenvalue weighted by molar-refractivity contribution is -0.137. The van der Waals surface area contributed by atoms with E-state index in [2.05, 4.69) is 6.92 Å². The second-order valence-electron chi connectivity index (χ2n) is 6.39. The van der Waals surface area contributed by atoms with E-state index in [1.54, 1.807) is 4.90 Å². The number of carbonyl (C=O) groups is 2. The fourth-order valence-electron chi connectivity index (χ4n) is 2.69. The van der Waals surface area contributed by atoms with Crippen LogP contribution in [0.5, 0.6) is 0 Å². The maximum absolute atomic E-state index is 11.7. The quantitative estimate of drug-likeness (QED) is 0.373. The molecule has 0 aliphatic heterocycles. The fourth-order valence-corrected chi connectivity index (χ4v) is 2.69. The monoisotopic (exact) mass is 345 g/mol. The number of aliphatic hydroxyl groups excluding tert-OH is 2. The van der Waals surface area contributed by atoms with E-state index in [1.165, 1.54) is 0 Å². The minimum atomic E-state index is -0.774. The van der Waals surface area contributed by atoms with Crippen LogP contribution in [0.15, 0.2) is 0 Å². The van der Waals surface area contributed by atoms with Crippen LogP contribution >= 0.6 is 0 Å². The normalized spacial score (nSPS) is 12.1. The number of rotatable bonds is 16. The molecule has 0 spiro atoms. The van der Waals surface area contributed by atoms with Gasteiger partial charge in [-0.3, -0.25) is 9.59 Å². The van der Waals surface area contributed by atoms with Crippen LogP contribution in [-0.2, 0) is 9.59 Å². The third-order valence-electron chi connectivity index (χ3n) is 4.16. The Morgan fingerprint density at radius 1 is 0.917 bits per heavy atom. The Labute approximate surface area is 145 Å². The van der Waals surface area contributed by atoms with E-state index in [4.69, 9.17) is 10.2 Å². The van der Waals surface area contributed by atoms with Crippen molar-refractivity contribution in [3.05, 3.63) is 0 Å². The summed E-state index contributed by atoms with van der Waals surface area (Å²) in [5, 5.41) is 27.5. The van der Waals surface area contributed by atoms with E-state index in [1.807, 2.05) is 0 Å². The number of nitrogens with zero attached hydrogens (tertiary/aromatic N) is 1. The van der Waals surface area contributed by atoms with E-state index in [0.717, 1.165) is 51.4 Å². The average Bonchev–Trinajstić information content (AvgIpc) is 2.55. The Bertz CT molecular complexity index is 335. The summed E-state index contributed by atoms with van der Waals surface area (Å²) in [7, 11) is 0. The van der Waals surface area contributed by atoms with Crippen molar-refractivity contribution in [2.24, 2.45) is 0 Å². The summed E-state index contributed by atoms with van der Waals surface area (Å²) in [4.78, 5) is 23.8. The molecule has 0 aromatic carbocycles. The van der Waals surface area contributed by atoms with Crippen LogP contribution in [-0.4, -0.2) is 57.9 Å². The molecule has 6 nitrogen and oxygen atoms in total. The summed E-state index contributed by atoms with van der Waals surface area (Å²) in [6.45, 7) is 2.78. The minimum absolute atomic E-state index is 0.190. The molecule has 0 saturated carbocycles. The van der Waals surface area contributed by atoms with Gasteiger partial charge in [0.05, 0.1) is 6.10 Å². The smallest absolute Gasteiger partial charge is 0.303 e. The first-order valence-electron chi connectivity index (χ1n) is 9.29. The first-order valence-corrected chi connectivity index (χ1v) is 9.29. The molecule has 6 heteroatoms. The molecule has 1 amide bonds. The van der Waals surface area contributed by atoms with Crippen LogP contribution in [0.3, 0.4) is 0 Å². The Morgan fingerprint density at radius 3 is 2.17 bits per heavy atom. The molecule has 0 aromatic heterocycles. The maximum Gasteiger partial charge on any atom is 0.303 e. The molecular weight excluding hydrogens is 310 g/mol. The van der Waals surface area contributed by atoms with Gasteiger partial charge in [-0.1, -0.05) is 39.0 Å². The topological polar surface area (TPSA) is 98.1 Å². The van der Waals surface area contributed by atoms with Crippen molar-refractivity contribution in [1.82, 2.24) is 4.90 Å². The van der Waals surface area contributed by atoms with Crippen molar-refractivity contribution >= 4 is 11.9 Å². The van der Waals surface area contributed by atoms with Crippen molar-refractivity contribution < 1.29 is 24.9 Å². The number of aliphatic hydroxyl groups is 2. The molecule has 0 fully saturated rings. The number of aliphatic carboxylic acids is 1. The molecular formula is C18H35NO5. The van der Waals surface area contributed by atoms with E-state index in [0.29, 0.717) is 25.9 Å². The molecule has 0 saturated heterocycles. The van der Waals surface area contributed by atoms with Gasteiger partial charge in [-0.05, 0) is 32.1 Å². The first kappa shape index (κ1) is 22.9. The van der Waals surface area contributed by atoms with Crippen LogP contribution in [0.25, 0.3) is 0 Å². The summed E-state index contributed by atoms with van der Waals surface area (Å²) >= 11 is 0. The van der Waals surface area contributed by atoms with Gasteiger partial charge in [0.25, 0.3) is 0 Å². The van der Waals surface area contributed by atoms with Crippen molar-refractivity contribution in [2.45, 2.75) is 83.7 Å². The van der Waals surface area contributed by atoms with Crippen molar-refractivity contribution in [1.29, 1.82) is 0 Å². The first-order chi connectivity index (χ1) is 11.5. The van der Waals surface area contributed by atoms with Crippen LogP contribution in [0.1, 0.15) is 77.6 Å². The highest BCUT2D eigenvalue weighted by Gasteiger charge is 2.13. The van der Waals surface area contributed by atoms with Gasteiger partial charge in [-0.25, -0.2) is 0 Å². The lowest BCUT2D eigenvalue weighted by Crippen LogP contribution is -2.35. The molecule has 0 rings (SSSR count). The summed E-state index contributed by atoms with van der Waals surface area (Å²) in [5.41, 5.74) is 0. The second kappa shape index (κ2) is 15.4. The number of carbonyl (C=O) groups excluding carboxylic acids is 1. The van der Waals surface area contributed by atoms with Gasteiger partial charge in [-0.15, -0.1) is 0 Å². The molecule has 1 atom stereocenters. The average molecular weight is 345 g/mol. The van der Waals surface area contributed by atoms with E-state index < -0.39 is 12.6 Å². The molecule has 0 bridgehead atoms. The maximum atomic E-state index is 11.7. The van der Waals surface area contributed by atoms with E-state index in [9.17, 15) is 14.7 Å². The van der Waals surface area contributed by atoms with Crippen LogP contribution in [0, 0.1) is 0 Å². The Morgan fingerprint density at radius 2 is 1.54 bits per heavy atom. The summed E-state index contributed by atoms with van der Waals surface area (Å²) in [6, 6.07) is 0. The molecule has 1 unspecified atom stereocenters. The molecule has 0 aliphatic carbocycles. The van der Waals surface area contributed by atoms with Crippen molar-refractivity contribution in [3.8, 4) is 0 Å². The Balaban J connectivity index is 3.89. The van der Waals surface area contributed by atoms with Gasteiger partial charge >= 0.3 is 5.97 Å². The fraction of sp³-hybridized carbons (Fsp3) is 0.889. The number of hydrogen-bond donors (Lipinski definition) is 3. The minimum Gasteiger partial charge on any atom is -0.481 e. The highest BCUT2D eigenvalue weighted by Crippen LogP contribution is 2.10. The van der Waals surface area contributed by atoms with Gasteiger partial charge in [0, 0.05) is 19.5 Å². The standard InChI is InChI=1S/C18H35NO5/c1-2-3-6-10-16(21)11-9-14-19(17(22)15-20)13-8-5-4-7-12-18(23)24/h16,20-21H,2-15H2,1H3,(H,23,24). The summed E-state index contributed by atoms with van der Waals surface area (Å²) in [5.74, 6) is -1.05. The molecule has 0 aromatic rings. The third kappa shape index (κ3) is 13.3. The van der Waals surface area contributed by atoms with Gasteiger partial charge in [0.2, 0.25) is 5.91 Å². The number of amides is 1. The Kier molecular flexibility index (Phi) is 14.7. The van der Waals surface area contributed by atoms with Crippen LogP contribution < -0.4 is 0 Å². The van der Waals surface area contributed by atoms with Gasteiger partial charge in [-0.2, -0.15) is 0 Å². The molecule has 3 N–H and O–H groups in total. The third-order valence-corrected chi connectivity index (χ3v) is 4.16.